The summed E-state index contributed by atoms with van der Waals surface area (Å²) in [7, 11) is 0. The zero-order valence-electron chi connectivity index (χ0n) is 9.39. The minimum Gasteiger partial charge on any atom is -0.376 e. The molecule has 1 aliphatic heterocycles. The molecule has 1 fully saturated rings. The Morgan fingerprint density at radius 3 is 3.29 bits per heavy atom. The number of ether oxygens (including phenoxy) is 2. The molecule has 1 saturated heterocycles. The Bertz CT molecular complexity index is 494. The molecule has 1 unspecified atom stereocenters. The van der Waals surface area contributed by atoms with Crippen LogP contribution in [0.4, 0.5) is 5.82 Å². The Kier molecular flexibility index (Phi) is 3.22. The second kappa shape index (κ2) is 5.00. The van der Waals surface area contributed by atoms with Gasteiger partial charge in [-0.3, -0.25) is 0 Å². The molecule has 5 heteroatoms. The van der Waals surface area contributed by atoms with Gasteiger partial charge in [-0.2, -0.15) is 0 Å². The summed E-state index contributed by atoms with van der Waals surface area (Å²) in [5, 5.41) is 6.59. The molecule has 1 atom stereocenters. The van der Waals surface area contributed by atoms with Crippen molar-refractivity contribution in [3.8, 4) is 0 Å². The van der Waals surface area contributed by atoms with Gasteiger partial charge in [-0.25, -0.2) is 4.98 Å². The fourth-order valence-corrected chi connectivity index (χ4v) is 2.68. The van der Waals surface area contributed by atoms with Crippen LogP contribution in [0.1, 0.15) is 0 Å². The Morgan fingerprint density at radius 2 is 2.41 bits per heavy atom. The van der Waals surface area contributed by atoms with E-state index in [1.54, 1.807) is 11.3 Å². The lowest BCUT2D eigenvalue weighted by Crippen LogP contribution is -2.34. The van der Waals surface area contributed by atoms with Crippen molar-refractivity contribution in [2.45, 2.75) is 6.10 Å². The summed E-state index contributed by atoms with van der Waals surface area (Å²) in [6.07, 6.45) is 1.96. The number of thiophene rings is 1. The maximum atomic E-state index is 5.58. The van der Waals surface area contributed by atoms with Crippen molar-refractivity contribution in [1.82, 2.24) is 4.98 Å². The molecule has 3 heterocycles. The van der Waals surface area contributed by atoms with E-state index in [4.69, 9.17) is 9.47 Å². The fraction of sp³-hybridized carbons (Fsp3) is 0.417. The zero-order chi connectivity index (χ0) is 11.5. The molecule has 0 aromatic carbocycles. The van der Waals surface area contributed by atoms with Crippen LogP contribution in [0.2, 0.25) is 0 Å². The van der Waals surface area contributed by atoms with E-state index in [9.17, 15) is 0 Å². The quantitative estimate of drug-likeness (QED) is 0.906. The lowest BCUT2D eigenvalue weighted by atomic mass is 10.3. The maximum Gasteiger partial charge on any atom is 0.134 e. The summed E-state index contributed by atoms with van der Waals surface area (Å²) in [6, 6.07) is 4.12. The predicted molar refractivity (Wildman–Crippen MR) is 68.7 cm³/mol. The molecule has 17 heavy (non-hydrogen) atoms. The van der Waals surface area contributed by atoms with Crippen LogP contribution in [0.15, 0.2) is 23.7 Å². The van der Waals surface area contributed by atoms with Gasteiger partial charge in [-0.1, -0.05) is 0 Å². The van der Waals surface area contributed by atoms with Crippen LogP contribution < -0.4 is 5.32 Å². The van der Waals surface area contributed by atoms with Crippen molar-refractivity contribution in [3.05, 3.63) is 23.7 Å². The lowest BCUT2D eigenvalue weighted by molar-refractivity contribution is -0.0819. The molecule has 1 N–H and O–H groups in total. The van der Waals surface area contributed by atoms with Crippen molar-refractivity contribution in [2.24, 2.45) is 0 Å². The molecule has 0 saturated carbocycles. The lowest BCUT2D eigenvalue weighted by Gasteiger charge is -2.23. The second-order valence-electron chi connectivity index (χ2n) is 3.94. The van der Waals surface area contributed by atoms with E-state index >= 15 is 0 Å². The molecule has 90 valence electrons. The Hall–Kier alpha value is -1.17. The van der Waals surface area contributed by atoms with Crippen LogP contribution in [0, 0.1) is 0 Å². The smallest absolute Gasteiger partial charge is 0.134 e. The van der Waals surface area contributed by atoms with Gasteiger partial charge in [0.1, 0.15) is 5.82 Å². The molecule has 2 aromatic rings. The molecule has 4 nitrogen and oxygen atoms in total. The van der Waals surface area contributed by atoms with E-state index in [0.717, 1.165) is 12.4 Å². The third-order valence-electron chi connectivity index (χ3n) is 2.76. The summed E-state index contributed by atoms with van der Waals surface area (Å²) in [5.74, 6) is 0.929. The zero-order valence-corrected chi connectivity index (χ0v) is 10.2. The average Bonchev–Trinajstić information content (AvgIpc) is 2.86. The number of rotatable bonds is 3. The number of fused-ring (bicyclic) bond motifs is 1. The summed E-state index contributed by atoms with van der Waals surface area (Å²) in [4.78, 5) is 4.36. The summed E-state index contributed by atoms with van der Waals surface area (Å²) in [6.45, 7) is 2.78. The number of anilines is 1. The Balaban J connectivity index is 1.69. The summed E-state index contributed by atoms with van der Waals surface area (Å²) >= 11 is 1.73. The molecule has 1 aliphatic rings. The van der Waals surface area contributed by atoms with E-state index in [1.807, 2.05) is 12.3 Å². The van der Waals surface area contributed by atoms with Crippen LogP contribution in [0.25, 0.3) is 10.1 Å². The SMILES string of the molecule is c1cc2sccc2c(NCC2COCCO2)n1. The molecule has 0 amide bonds. The first-order valence-corrected chi connectivity index (χ1v) is 6.57. The van der Waals surface area contributed by atoms with Gasteiger partial charge in [0.15, 0.2) is 0 Å². The minimum absolute atomic E-state index is 0.124. The van der Waals surface area contributed by atoms with E-state index in [0.29, 0.717) is 19.8 Å². The number of pyridine rings is 1. The van der Waals surface area contributed by atoms with Gasteiger partial charge in [0.05, 0.1) is 25.9 Å². The van der Waals surface area contributed by atoms with Crippen LogP contribution >= 0.6 is 11.3 Å². The van der Waals surface area contributed by atoms with Crippen molar-refractivity contribution in [2.75, 3.05) is 31.7 Å². The third-order valence-corrected chi connectivity index (χ3v) is 3.64. The standard InChI is InChI=1S/C12H14N2O2S/c1-3-13-12(10-2-6-17-11(1)10)14-7-9-8-15-4-5-16-9/h1-3,6,9H,4-5,7-8H2,(H,13,14). The predicted octanol–water partition coefficient (Wildman–Crippen LogP) is 2.12. The average molecular weight is 250 g/mol. The molecule has 2 aromatic heterocycles. The van der Waals surface area contributed by atoms with Crippen molar-refractivity contribution in [3.63, 3.8) is 0 Å². The largest absolute Gasteiger partial charge is 0.376 e. The second-order valence-corrected chi connectivity index (χ2v) is 4.89. The van der Waals surface area contributed by atoms with Crippen LogP contribution in [-0.4, -0.2) is 37.5 Å². The molecule has 3 rings (SSSR count). The van der Waals surface area contributed by atoms with Gasteiger partial charge in [0.2, 0.25) is 0 Å². The number of hydrogen-bond donors (Lipinski definition) is 1. The monoisotopic (exact) mass is 250 g/mol. The van der Waals surface area contributed by atoms with Gasteiger partial charge in [0, 0.05) is 22.8 Å². The van der Waals surface area contributed by atoms with Crippen LogP contribution in [0.3, 0.4) is 0 Å². The van der Waals surface area contributed by atoms with Gasteiger partial charge in [0.25, 0.3) is 0 Å². The fourth-order valence-electron chi connectivity index (χ4n) is 1.90. The number of nitrogens with zero attached hydrogens (tertiary/aromatic N) is 1. The van der Waals surface area contributed by atoms with E-state index in [2.05, 4.69) is 21.7 Å². The topological polar surface area (TPSA) is 43.4 Å². The Morgan fingerprint density at radius 1 is 1.41 bits per heavy atom. The van der Waals surface area contributed by atoms with Crippen molar-refractivity contribution < 1.29 is 9.47 Å². The highest BCUT2D eigenvalue weighted by atomic mass is 32.1. The molecular weight excluding hydrogens is 236 g/mol. The first-order valence-electron chi connectivity index (χ1n) is 5.69. The number of hydrogen-bond acceptors (Lipinski definition) is 5. The molecule has 0 bridgehead atoms. The molecular formula is C12H14N2O2S. The first kappa shape index (κ1) is 11.0. The maximum absolute atomic E-state index is 5.58. The van der Waals surface area contributed by atoms with E-state index in [-0.39, 0.29) is 6.10 Å². The first-order chi connectivity index (χ1) is 8.43. The summed E-state index contributed by atoms with van der Waals surface area (Å²) < 4.78 is 12.2. The van der Waals surface area contributed by atoms with Gasteiger partial charge >= 0.3 is 0 Å². The Labute approximate surface area is 104 Å². The van der Waals surface area contributed by atoms with Gasteiger partial charge in [-0.15, -0.1) is 11.3 Å². The minimum atomic E-state index is 0.124. The van der Waals surface area contributed by atoms with Crippen LogP contribution in [0.5, 0.6) is 0 Å². The highest BCUT2D eigenvalue weighted by Crippen LogP contribution is 2.25. The number of aromatic nitrogens is 1. The van der Waals surface area contributed by atoms with Gasteiger partial charge in [-0.05, 0) is 17.5 Å². The summed E-state index contributed by atoms with van der Waals surface area (Å²) in [5.41, 5.74) is 0. The van der Waals surface area contributed by atoms with Crippen LogP contribution in [-0.2, 0) is 9.47 Å². The molecule has 0 aliphatic carbocycles. The highest BCUT2D eigenvalue weighted by Gasteiger charge is 2.14. The third kappa shape index (κ3) is 2.41. The molecule has 0 spiro atoms. The van der Waals surface area contributed by atoms with Crippen molar-refractivity contribution >= 4 is 27.2 Å². The van der Waals surface area contributed by atoms with Crippen molar-refractivity contribution in [1.29, 1.82) is 0 Å². The van der Waals surface area contributed by atoms with Gasteiger partial charge < -0.3 is 14.8 Å². The molecule has 0 radical (unpaired) electrons. The highest BCUT2D eigenvalue weighted by molar-refractivity contribution is 7.17. The normalized spacial score (nSPS) is 20.6. The van der Waals surface area contributed by atoms with E-state index in [1.165, 1.54) is 10.1 Å². The number of nitrogens with one attached hydrogen (secondary N) is 1. The van der Waals surface area contributed by atoms with E-state index < -0.39 is 0 Å².